The molecule has 0 atom stereocenters. The molecule has 0 aliphatic heterocycles. The van der Waals surface area contributed by atoms with Gasteiger partial charge in [-0.25, -0.2) is 4.79 Å². The number of rotatable bonds is 5. The molecule has 8 heteroatoms. The summed E-state index contributed by atoms with van der Waals surface area (Å²) in [6.45, 7) is -0.495. The topological polar surface area (TPSA) is 64.6 Å². The van der Waals surface area contributed by atoms with E-state index in [-0.39, 0.29) is 21.3 Å². The number of hydrogen-bond acceptors (Lipinski definition) is 4. The lowest BCUT2D eigenvalue weighted by Crippen LogP contribution is -2.21. The van der Waals surface area contributed by atoms with Crippen LogP contribution in [0.2, 0.25) is 15.1 Å². The zero-order valence-electron chi connectivity index (χ0n) is 12.4. The molecule has 0 aliphatic rings. The van der Waals surface area contributed by atoms with Crippen LogP contribution in [0.1, 0.15) is 10.4 Å². The fourth-order valence-electron chi connectivity index (χ4n) is 1.80. The number of halogens is 3. The third kappa shape index (κ3) is 4.77. The zero-order valence-corrected chi connectivity index (χ0v) is 14.7. The molecule has 2 rings (SSSR count). The van der Waals surface area contributed by atoms with E-state index in [0.29, 0.717) is 10.8 Å². The van der Waals surface area contributed by atoms with Crippen LogP contribution in [0.15, 0.2) is 36.4 Å². The molecular weight excluding hydrogens is 377 g/mol. The molecule has 2 aromatic carbocycles. The minimum absolute atomic E-state index is 0.181. The number of carbonyl (C=O) groups excluding carboxylic acids is 2. The summed E-state index contributed by atoms with van der Waals surface area (Å²) in [5.41, 5.74) is 0.467. The zero-order chi connectivity index (χ0) is 17.7. The highest BCUT2D eigenvalue weighted by molar-refractivity contribution is 6.42. The van der Waals surface area contributed by atoms with E-state index in [0.717, 1.165) is 0 Å². The average Bonchev–Trinajstić information content (AvgIpc) is 2.56. The lowest BCUT2D eigenvalue weighted by atomic mass is 10.2. The van der Waals surface area contributed by atoms with Crippen molar-refractivity contribution in [1.29, 1.82) is 0 Å². The van der Waals surface area contributed by atoms with Crippen molar-refractivity contribution < 1.29 is 19.1 Å². The van der Waals surface area contributed by atoms with E-state index >= 15 is 0 Å². The minimum atomic E-state index is -0.655. The van der Waals surface area contributed by atoms with Gasteiger partial charge in [-0.05, 0) is 30.3 Å². The van der Waals surface area contributed by atoms with Gasteiger partial charge in [0.05, 0.1) is 28.4 Å². The second kappa shape index (κ2) is 8.24. The molecular formula is C16H12Cl3NO4. The molecule has 1 amide bonds. The smallest absolute Gasteiger partial charge is 0.338 e. The minimum Gasteiger partial charge on any atom is -0.497 e. The lowest BCUT2D eigenvalue weighted by Gasteiger charge is -2.10. The number of hydrogen-bond donors (Lipinski definition) is 1. The number of benzene rings is 2. The van der Waals surface area contributed by atoms with Crippen LogP contribution in [0, 0.1) is 0 Å². The van der Waals surface area contributed by atoms with Gasteiger partial charge < -0.3 is 14.8 Å². The fourth-order valence-corrected chi connectivity index (χ4v) is 2.71. The van der Waals surface area contributed by atoms with Crippen LogP contribution >= 0.6 is 34.8 Å². The number of methoxy groups -OCH3 is 1. The second-order valence-electron chi connectivity index (χ2n) is 4.60. The van der Waals surface area contributed by atoms with Gasteiger partial charge in [-0.1, -0.05) is 40.9 Å². The summed E-state index contributed by atoms with van der Waals surface area (Å²) in [7, 11) is 1.48. The molecule has 0 fully saturated rings. The molecule has 0 radical (unpaired) electrons. The Hall–Kier alpha value is -1.95. The predicted molar refractivity (Wildman–Crippen MR) is 93.4 cm³/mol. The van der Waals surface area contributed by atoms with E-state index in [9.17, 15) is 9.59 Å². The van der Waals surface area contributed by atoms with Crippen molar-refractivity contribution in [3.8, 4) is 5.75 Å². The summed E-state index contributed by atoms with van der Waals surface area (Å²) >= 11 is 17.7. The van der Waals surface area contributed by atoms with E-state index in [1.165, 1.54) is 25.3 Å². The highest BCUT2D eigenvalue weighted by Gasteiger charge is 2.14. The van der Waals surface area contributed by atoms with Gasteiger partial charge in [-0.2, -0.15) is 0 Å². The maximum absolute atomic E-state index is 11.9. The number of nitrogens with one attached hydrogen (secondary N) is 1. The molecule has 0 aromatic heterocycles. The van der Waals surface area contributed by atoms with Crippen LogP contribution in [-0.4, -0.2) is 25.6 Å². The van der Waals surface area contributed by atoms with Gasteiger partial charge in [0.2, 0.25) is 0 Å². The van der Waals surface area contributed by atoms with Gasteiger partial charge >= 0.3 is 5.97 Å². The molecule has 1 N–H and O–H groups in total. The number of ether oxygens (including phenoxy) is 2. The Balaban J connectivity index is 1.97. The van der Waals surface area contributed by atoms with E-state index in [2.05, 4.69) is 5.32 Å². The third-order valence-corrected chi connectivity index (χ3v) is 3.73. The maximum Gasteiger partial charge on any atom is 0.338 e. The first-order valence-electron chi connectivity index (χ1n) is 6.66. The van der Waals surface area contributed by atoms with Crippen molar-refractivity contribution in [2.45, 2.75) is 0 Å². The number of esters is 1. The molecule has 0 heterocycles. The number of anilines is 1. The average molecular weight is 389 g/mol. The molecule has 0 saturated carbocycles. The summed E-state index contributed by atoms with van der Waals surface area (Å²) in [6, 6.07) is 9.26. The van der Waals surface area contributed by atoms with Crippen molar-refractivity contribution in [2.75, 3.05) is 19.0 Å². The highest BCUT2D eigenvalue weighted by atomic mass is 35.5. The standard InChI is InChI=1S/C16H12Cl3NO4/c1-23-11-4-2-3-9(5-11)16(22)24-8-14(21)20-15-12(18)6-10(17)7-13(15)19/h2-7H,8H2,1H3,(H,20,21). The molecule has 24 heavy (non-hydrogen) atoms. The van der Waals surface area contributed by atoms with E-state index in [4.69, 9.17) is 44.3 Å². The van der Waals surface area contributed by atoms with E-state index < -0.39 is 18.5 Å². The van der Waals surface area contributed by atoms with Crippen LogP contribution < -0.4 is 10.1 Å². The first-order chi connectivity index (χ1) is 11.4. The molecule has 5 nitrogen and oxygen atoms in total. The van der Waals surface area contributed by atoms with Crippen LogP contribution in [0.25, 0.3) is 0 Å². The number of amides is 1. The maximum atomic E-state index is 11.9. The van der Waals surface area contributed by atoms with Crippen molar-refractivity contribution in [3.63, 3.8) is 0 Å². The Bertz CT molecular complexity index is 757. The predicted octanol–water partition coefficient (Wildman–Crippen LogP) is 4.45. The largest absolute Gasteiger partial charge is 0.497 e. The van der Waals surface area contributed by atoms with Gasteiger partial charge in [0.15, 0.2) is 6.61 Å². The van der Waals surface area contributed by atoms with Gasteiger partial charge in [-0.3, -0.25) is 4.79 Å². The molecule has 2 aromatic rings. The second-order valence-corrected chi connectivity index (χ2v) is 5.85. The third-order valence-electron chi connectivity index (χ3n) is 2.91. The van der Waals surface area contributed by atoms with Crippen molar-refractivity contribution >= 4 is 52.4 Å². The monoisotopic (exact) mass is 387 g/mol. The van der Waals surface area contributed by atoms with Gasteiger partial charge in [0.1, 0.15) is 5.75 Å². The highest BCUT2D eigenvalue weighted by Crippen LogP contribution is 2.33. The Morgan fingerprint density at radius 2 is 1.75 bits per heavy atom. The molecule has 0 aliphatic carbocycles. The molecule has 126 valence electrons. The Kier molecular flexibility index (Phi) is 6.31. The summed E-state index contributed by atoms with van der Waals surface area (Å²) in [5, 5.41) is 3.17. The molecule has 0 bridgehead atoms. The van der Waals surface area contributed by atoms with Gasteiger partial charge in [-0.15, -0.1) is 0 Å². The first kappa shape index (κ1) is 18.4. The summed E-state index contributed by atoms with van der Waals surface area (Å²) < 4.78 is 9.96. The van der Waals surface area contributed by atoms with Crippen molar-refractivity contribution in [3.05, 3.63) is 57.0 Å². The first-order valence-corrected chi connectivity index (χ1v) is 7.79. The molecule has 0 spiro atoms. The van der Waals surface area contributed by atoms with Gasteiger partial charge in [0.25, 0.3) is 5.91 Å². The Labute approximate surface area is 153 Å². The summed E-state index contributed by atoms with van der Waals surface area (Å²) in [5.74, 6) is -0.733. The quantitative estimate of drug-likeness (QED) is 0.769. The van der Waals surface area contributed by atoms with Crippen LogP contribution in [-0.2, 0) is 9.53 Å². The SMILES string of the molecule is COc1cccc(C(=O)OCC(=O)Nc2c(Cl)cc(Cl)cc2Cl)c1. The molecule has 0 saturated heterocycles. The molecule has 0 unspecified atom stereocenters. The Morgan fingerprint density at radius 3 is 2.38 bits per heavy atom. The summed E-state index contributed by atoms with van der Waals surface area (Å²) in [6.07, 6.45) is 0. The van der Waals surface area contributed by atoms with Crippen LogP contribution in [0.4, 0.5) is 5.69 Å². The lowest BCUT2D eigenvalue weighted by molar-refractivity contribution is -0.119. The van der Waals surface area contributed by atoms with Crippen molar-refractivity contribution in [1.82, 2.24) is 0 Å². The van der Waals surface area contributed by atoms with Crippen molar-refractivity contribution in [2.24, 2.45) is 0 Å². The van der Waals surface area contributed by atoms with Gasteiger partial charge in [0, 0.05) is 5.02 Å². The van der Waals surface area contributed by atoms with E-state index in [1.807, 2.05) is 0 Å². The summed E-state index contributed by atoms with van der Waals surface area (Å²) in [4.78, 5) is 23.8. The fraction of sp³-hybridized carbons (Fsp3) is 0.125. The van der Waals surface area contributed by atoms with E-state index in [1.54, 1.807) is 18.2 Å². The number of carbonyl (C=O) groups is 2. The Morgan fingerprint density at radius 1 is 1.08 bits per heavy atom. The normalized spacial score (nSPS) is 10.2. The van der Waals surface area contributed by atoms with Crippen LogP contribution in [0.3, 0.4) is 0 Å². The van der Waals surface area contributed by atoms with Crippen LogP contribution in [0.5, 0.6) is 5.75 Å².